The highest BCUT2D eigenvalue weighted by atomic mass is 32.2. The number of nitrogens with one attached hydrogen (secondary N) is 2. The lowest BCUT2D eigenvalue weighted by Crippen LogP contribution is -2.25. The number of hydrogen-bond donors (Lipinski definition) is 2. The van der Waals surface area contributed by atoms with Crippen molar-refractivity contribution in [1.29, 1.82) is 0 Å². The predicted molar refractivity (Wildman–Crippen MR) is 78.5 cm³/mol. The van der Waals surface area contributed by atoms with Crippen LogP contribution in [0.4, 0.5) is 5.69 Å². The van der Waals surface area contributed by atoms with Gasteiger partial charge in [0.25, 0.3) is 0 Å². The average Bonchev–Trinajstić information content (AvgIpc) is 3.13. The molecule has 2 N–H and O–H groups in total. The topological polar surface area (TPSA) is 88.9 Å². The zero-order valence-corrected chi connectivity index (χ0v) is 12.3. The molecule has 0 radical (unpaired) electrons. The second-order valence-electron chi connectivity index (χ2n) is 4.91. The second-order valence-corrected chi connectivity index (χ2v) is 6.68. The van der Waals surface area contributed by atoms with Crippen molar-refractivity contribution in [3.05, 3.63) is 36.2 Å². The number of hydrogen-bond acceptors (Lipinski definition) is 5. The molecule has 1 aromatic heterocycles. The van der Waals surface area contributed by atoms with Crippen LogP contribution in [0.3, 0.4) is 0 Å². The van der Waals surface area contributed by atoms with E-state index in [2.05, 4.69) is 20.4 Å². The van der Waals surface area contributed by atoms with E-state index in [0.717, 1.165) is 24.2 Å². The van der Waals surface area contributed by atoms with Crippen molar-refractivity contribution in [1.82, 2.24) is 19.7 Å². The van der Waals surface area contributed by atoms with Crippen LogP contribution in [-0.2, 0) is 23.0 Å². The third-order valence-corrected chi connectivity index (χ3v) is 4.88. The summed E-state index contributed by atoms with van der Waals surface area (Å²) in [5.74, 6) is 0. The van der Waals surface area contributed by atoms with Gasteiger partial charge < -0.3 is 5.32 Å². The van der Waals surface area contributed by atoms with E-state index in [1.165, 1.54) is 0 Å². The summed E-state index contributed by atoms with van der Waals surface area (Å²) in [5.41, 5.74) is 2.08. The maximum absolute atomic E-state index is 12.2. The maximum atomic E-state index is 12.2. The van der Waals surface area contributed by atoms with Crippen molar-refractivity contribution >= 4 is 15.7 Å². The number of aryl methyl sites for hydroxylation is 1. The number of sulfonamides is 1. The molecule has 0 fully saturated rings. The Kier molecular flexibility index (Phi) is 3.89. The highest BCUT2D eigenvalue weighted by molar-refractivity contribution is 7.89. The second kappa shape index (κ2) is 5.82. The monoisotopic (exact) mass is 307 g/mol. The largest absolute Gasteiger partial charge is 0.384 e. The fourth-order valence-electron chi connectivity index (χ4n) is 2.33. The molecular weight excluding hydrogens is 290 g/mol. The first kappa shape index (κ1) is 14.0. The van der Waals surface area contributed by atoms with Gasteiger partial charge in [-0.3, -0.25) is 4.68 Å². The lowest BCUT2D eigenvalue weighted by molar-refractivity contribution is 0.542. The number of nitrogens with zero attached hydrogens (tertiary/aromatic N) is 3. The molecule has 21 heavy (non-hydrogen) atoms. The molecule has 3 rings (SSSR count). The van der Waals surface area contributed by atoms with Gasteiger partial charge in [0.05, 0.1) is 11.1 Å². The van der Waals surface area contributed by atoms with Gasteiger partial charge in [0.2, 0.25) is 10.0 Å². The molecule has 0 amide bonds. The molecule has 0 spiro atoms. The molecule has 0 bridgehead atoms. The lowest BCUT2D eigenvalue weighted by atomic mass is 10.2. The normalized spacial score (nSPS) is 13.9. The fraction of sp³-hybridized carbons (Fsp3) is 0.385. The molecule has 0 unspecified atom stereocenters. The molecule has 1 aliphatic rings. The molecule has 1 aliphatic heterocycles. The van der Waals surface area contributed by atoms with Crippen LogP contribution < -0.4 is 10.0 Å². The van der Waals surface area contributed by atoms with Gasteiger partial charge in [-0.05, 0) is 36.6 Å². The first-order valence-electron chi connectivity index (χ1n) is 6.86. The number of rotatable bonds is 6. The van der Waals surface area contributed by atoms with E-state index in [9.17, 15) is 8.42 Å². The minimum absolute atomic E-state index is 0.325. The summed E-state index contributed by atoms with van der Waals surface area (Å²) >= 11 is 0. The Morgan fingerprint density at radius 2 is 2.29 bits per heavy atom. The minimum atomic E-state index is -3.45. The Balaban J connectivity index is 1.59. The van der Waals surface area contributed by atoms with Gasteiger partial charge in [-0.1, -0.05) is 5.21 Å². The van der Waals surface area contributed by atoms with E-state index in [1.807, 2.05) is 6.07 Å². The molecule has 7 nitrogen and oxygen atoms in total. The predicted octanol–water partition coefficient (Wildman–Crippen LogP) is 0.615. The van der Waals surface area contributed by atoms with Gasteiger partial charge in [-0.2, -0.15) is 0 Å². The molecular formula is C13H17N5O2S. The Morgan fingerprint density at radius 3 is 3.10 bits per heavy atom. The average molecular weight is 307 g/mol. The first-order chi connectivity index (χ1) is 10.1. The lowest BCUT2D eigenvalue weighted by Gasteiger charge is -2.08. The van der Waals surface area contributed by atoms with E-state index in [4.69, 9.17) is 0 Å². The Morgan fingerprint density at radius 1 is 1.38 bits per heavy atom. The van der Waals surface area contributed by atoms with Crippen LogP contribution >= 0.6 is 0 Å². The standard InChI is InChI=1S/C13H17N5O2S/c19-21(20,16-5-1-8-18-9-7-15-17-18)12-2-3-13-11(10-12)4-6-14-13/h2-3,7,9-10,14,16H,1,4-6,8H2. The molecule has 0 atom stereocenters. The van der Waals surface area contributed by atoms with Crippen LogP contribution in [-0.4, -0.2) is 36.5 Å². The zero-order chi connectivity index (χ0) is 14.7. The smallest absolute Gasteiger partial charge is 0.240 e. The molecule has 0 saturated heterocycles. The third kappa shape index (κ3) is 3.22. The van der Waals surface area contributed by atoms with Gasteiger partial charge in [0.1, 0.15) is 0 Å². The van der Waals surface area contributed by atoms with E-state index >= 15 is 0 Å². The highest BCUT2D eigenvalue weighted by Crippen LogP contribution is 2.24. The molecule has 112 valence electrons. The van der Waals surface area contributed by atoms with E-state index in [0.29, 0.717) is 24.4 Å². The quantitative estimate of drug-likeness (QED) is 0.764. The SMILES string of the molecule is O=S(=O)(NCCCn1ccnn1)c1ccc2c(c1)CCN2. The fourth-order valence-corrected chi connectivity index (χ4v) is 3.46. The summed E-state index contributed by atoms with van der Waals surface area (Å²) in [6.45, 7) is 1.87. The molecule has 2 aromatic rings. The van der Waals surface area contributed by atoms with Crippen LogP contribution in [0.15, 0.2) is 35.5 Å². The van der Waals surface area contributed by atoms with Crippen molar-refractivity contribution in [3.8, 4) is 0 Å². The molecule has 1 aromatic carbocycles. The van der Waals surface area contributed by atoms with Crippen molar-refractivity contribution in [2.45, 2.75) is 24.3 Å². The Hall–Kier alpha value is -1.93. The van der Waals surface area contributed by atoms with Gasteiger partial charge in [-0.15, -0.1) is 5.10 Å². The zero-order valence-electron chi connectivity index (χ0n) is 11.5. The maximum Gasteiger partial charge on any atom is 0.240 e. The summed E-state index contributed by atoms with van der Waals surface area (Å²) in [7, 11) is -3.45. The number of aromatic nitrogens is 3. The van der Waals surface area contributed by atoms with Crippen molar-refractivity contribution in [3.63, 3.8) is 0 Å². The molecule has 2 heterocycles. The van der Waals surface area contributed by atoms with E-state index in [-0.39, 0.29) is 0 Å². The Bertz CT molecular complexity index is 712. The molecule has 0 saturated carbocycles. The first-order valence-corrected chi connectivity index (χ1v) is 8.34. The van der Waals surface area contributed by atoms with Crippen LogP contribution in [0.1, 0.15) is 12.0 Å². The van der Waals surface area contributed by atoms with Gasteiger partial charge in [0.15, 0.2) is 0 Å². The van der Waals surface area contributed by atoms with Crippen molar-refractivity contribution in [2.75, 3.05) is 18.4 Å². The number of benzene rings is 1. The third-order valence-electron chi connectivity index (χ3n) is 3.42. The summed E-state index contributed by atoms with van der Waals surface area (Å²) in [6, 6.07) is 5.21. The molecule has 8 heteroatoms. The van der Waals surface area contributed by atoms with Crippen molar-refractivity contribution in [2.24, 2.45) is 0 Å². The van der Waals surface area contributed by atoms with Crippen molar-refractivity contribution < 1.29 is 8.42 Å². The van der Waals surface area contributed by atoms with Gasteiger partial charge in [-0.25, -0.2) is 13.1 Å². The van der Waals surface area contributed by atoms with E-state index in [1.54, 1.807) is 29.2 Å². The van der Waals surface area contributed by atoms with E-state index < -0.39 is 10.0 Å². The van der Waals surface area contributed by atoms with Gasteiger partial charge in [0, 0.05) is 31.5 Å². The number of anilines is 1. The minimum Gasteiger partial charge on any atom is -0.384 e. The highest BCUT2D eigenvalue weighted by Gasteiger charge is 2.17. The van der Waals surface area contributed by atoms with Crippen LogP contribution in [0, 0.1) is 0 Å². The summed E-state index contributed by atoms with van der Waals surface area (Å²) in [6.07, 6.45) is 4.88. The van der Waals surface area contributed by atoms with Crippen LogP contribution in [0.5, 0.6) is 0 Å². The van der Waals surface area contributed by atoms with Crippen LogP contribution in [0.2, 0.25) is 0 Å². The summed E-state index contributed by atoms with van der Waals surface area (Å²) in [4.78, 5) is 0.325. The summed E-state index contributed by atoms with van der Waals surface area (Å²) < 4.78 is 28.7. The Labute approximate surface area is 123 Å². The van der Waals surface area contributed by atoms with Gasteiger partial charge >= 0.3 is 0 Å². The van der Waals surface area contributed by atoms with Crippen LogP contribution in [0.25, 0.3) is 0 Å². The molecule has 0 aliphatic carbocycles. The summed E-state index contributed by atoms with van der Waals surface area (Å²) in [5, 5.41) is 10.7. The number of fused-ring (bicyclic) bond motifs is 1.